The Kier molecular flexibility index (Phi) is 2.94. The first-order valence-corrected chi connectivity index (χ1v) is 6.68. The van der Waals surface area contributed by atoms with Crippen molar-refractivity contribution in [2.45, 2.75) is 19.8 Å². The normalized spacial score (nSPS) is 11.4. The molecule has 0 atom stereocenters. The van der Waals surface area contributed by atoms with Gasteiger partial charge in [0.05, 0.1) is 5.69 Å². The topological polar surface area (TPSA) is 96.9 Å². The molecule has 2 aromatic heterocycles. The third kappa shape index (κ3) is 2.14. The molecule has 0 spiro atoms. The number of fused-ring (bicyclic) bond motifs is 1. The summed E-state index contributed by atoms with van der Waals surface area (Å²) in [5.41, 5.74) is 7.91. The molecule has 6 heteroatoms. The fourth-order valence-electron chi connectivity index (χ4n) is 2.32. The number of rotatable bonds is 2. The van der Waals surface area contributed by atoms with Crippen molar-refractivity contribution in [3.8, 4) is 11.6 Å². The first-order valence-electron chi connectivity index (χ1n) is 6.68. The molecule has 0 amide bonds. The van der Waals surface area contributed by atoms with Crippen LogP contribution in [0.2, 0.25) is 0 Å². The van der Waals surface area contributed by atoms with Gasteiger partial charge in [-0.05, 0) is 23.6 Å². The highest BCUT2D eigenvalue weighted by molar-refractivity contribution is 5.89. The number of anilines is 1. The molecule has 0 saturated carbocycles. The van der Waals surface area contributed by atoms with Crippen molar-refractivity contribution < 1.29 is 5.11 Å². The number of benzene rings is 1. The summed E-state index contributed by atoms with van der Waals surface area (Å²) in [6.45, 7) is 4.24. The SMILES string of the molecule is CC(C)c1ccc(-n2nc3cc(O)[nH]c(=O)c3c2N)cc1. The van der Waals surface area contributed by atoms with Crippen LogP contribution in [0.5, 0.6) is 5.88 Å². The van der Waals surface area contributed by atoms with Crippen molar-refractivity contribution in [2.24, 2.45) is 0 Å². The Morgan fingerprint density at radius 2 is 1.95 bits per heavy atom. The number of nitrogens with zero attached hydrogens (tertiary/aromatic N) is 2. The molecule has 4 N–H and O–H groups in total. The highest BCUT2D eigenvalue weighted by Gasteiger charge is 2.14. The van der Waals surface area contributed by atoms with Gasteiger partial charge >= 0.3 is 0 Å². The molecule has 0 saturated heterocycles. The molecule has 3 aromatic rings. The maximum Gasteiger partial charge on any atom is 0.263 e. The maximum absolute atomic E-state index is 11.9. The Balaban J connectivity index is 2.19. The molecular formula is C15H16N4O2. The minimum absolute atomic E-state index is 0.229. The van der Waals surface area contributed by atoms with Gasteiger partial charge in [0.1, 0.15) is 16.7 Å². The number of aromatic amines is 1. The standard InChI is InChI=1S/C15H16N4O2/c1-8(2)9-3-5-10(6-4-9)19-14(16)13-11(18-19)7-12(20)17-15(13)21/h3-8,20H,16H2,1-2H3,(H,17,21). The van der Waals surface area contributed by atoms with Crippen molar-refractivity contribution in [2.75, 3.05) is 5.73 Å². The highest BCUT2D eigenvalue weighted by Crippen LogP contribution is 2.23. The predicted octanol–water partition coefficient (Wildman–Crippen LogP) is 2.12. The largest absolute Gasteiger partial charge is 0.494 e. The molecule has 0 aliphatic rings. The van der Waals surface area contributed by atoms with Gasteiger partial charge in [0.2, 0.25) is 0 Å². The minimum Gasteiger partial charge on any atom is -0.494 e. The number of nitrogens with one attached hydrogen (secondary N) is 1. The lowest BCUT2D eigenvalue weighted by molar-refractivity contribution is 0.453. The van der Waals surface area contributed by atoms with E-state index in [1.54, 1.807) is 0 Å². The third-order valence-electron chi connectivity index (χ3n) is 3.49. The number of pyridine rings is 1. The summed E-state index contributed by atoms with van der Waals surface area (Å²) in [5.74, 6) is 0.462. The van der Waals surface area contributed by atoms with E-state index in [1.807, 2.05) is 24.3 Å². The smallest absolute Gasteiger partial charge is 0.263 e. The van der Waals surface area contributed by atoms with Crippen LogP contribution in [-0.2, 0) is 0 Å². The van der Waals surface area contributed by atoms with Crippen LogP contribution in [0.25, 0.3) is 16.6 Å². The number of hydrogen-bond acceptors (Lipinski definition) is 4. The Bertz CT molecular complexity index is 860. The van der Waals surface area contributed by atoms with E-state index in [2.05, 4.69) is 23.9 Å². The average Bonchev–Trinajstić information content (AvgIpc) is 2.76. The Hall–Kier alpha value is -2.76. The van der Waals surface area contributed by atoms with E-state index < -0.39 is 5.56 Å². The fraction of sp³-hybridized carbons (Fsp3) is 0.200. The molecule has 21 heavy (non-hydrogen) atoms. The molecule has 0 aliphatic heterocycles. The van der Waals surface area contributed by atoms with Crippen LogP contribution in [0.3, 0.4) is 0 Å². The summed E-state index contributed by atoms with van der Waals surface area (Å²) in [6, 6.07) is 9.21. The van der Waals surface area contributed by atoms with Crippen molar-refractivity contribution >= 4 is 16.7 Å². The lowest BCUT2D eigenvalue weighted by Crippen LogP contribution is -2.07. The van der Waals surface area contributed by atoms with Gasteiger partial charge < -0.3 is 10.8 Å². The van der Waals surface area contributed by atoms with Crippen LogP contribution in [0.15, 0.2) is 35.1 Å². The molecule has 0 fully saturated rings. The highest BCUT2D eigenvalue weighted by atomic mass is 16.3. The second kappa shape index (κ2) is 4.66. The number of aromatic nitrogens is 3. The maximum atomic E-state index is 11.9. The van der Waals surface area contributed by atoms with E-state index in [4.69, 9.17) is 5.73 Å². The molecule has 0 aliphatic carbocycles. The number of aromatic hydroxyl groups is 1. The molecule has 0 bridgehead atoms. The minimum atomic E-state index is -0.451. The second-order valence-corrected chi connectivity index (χ2v) is 5.29. The Morgan fingerprint density at radius 3 is 2.57 bits per heavy atom. The van der Waals surface area contributed by atoms with Gasteiger partial charge in [0, 0.05) is 6.07 Å². The van der Waals surface area contributed by atoms with Crippen LogP contribution >= 0.6 is 0 Å². The number of hydrogen-bond donors (Lipinski definition) is 3. The molecule has 2 heterocycles. The van der Waals surface area contributed by atoms with Crippen LogP contribution in [0.4, 0.5) is 5.82 Å². The monoisotopic (exact) mass is 284 g/mol. The van der Waals surface area contributed by atoms with Crippen molar-refractivity contribution in [3.05, 3.63) is 46.2 Å². The second-order valence-electron chi connectivity index (χ2n) is 5.29. The molecular weight excluding hydrogens is 268 g/mol. The van der Waals surface area contributed by atoms with Crippen LogP contribution in [-0.4, -0.2) is 19.9 Å². The first kappa shape index (κ1) is 13.2. The summed E-state index contributed by atoms with van der Waals surface area (Å²) in [5, 5.41) is 14.0. The molecule has 6 nitrogen and oxygen atoms in total. The van der Waals surface area contributed by atoms with Crippen LogP contribution < -0.4 is 11.3 Å². The summed E-state index contributed by atoms with van der Waals surface area (Å²) in [6.07, 6.45) is 0. The number of H-pyrrole nitrogens is 1. The molecule has 1 aromatic carbocycles. The first-order chi connectivity index (χ1) is 9.97. The summed E-state index contributed by atoms with van der Waals surface area (Å²) < 4.78 is 1.50. The number of nitrogen functional groups attached to an aromatic ring is 1. The van der Waals surface area contributed by atoms with Crippen LogP contribution in [0.1, 0.15) is 25.3 Å². The van der Waals surface area contributed by atoms with Gasteiger partial charge in [0.25, 0.3) is 5.56 Å². The Labute approximate surface area is 120 Å². The van der Waals surface area contributed by atoms with Crippen LogP contribution in [0, 0.1) is 0 Å². The van der Waals surface area contributed by atoms with Crippen molar-refractivity contribution in [1.29, 1.82) is 0 Å². The zero-order valence-corrected chi connectivity index (χ0v) is 11.8. The van der Waals surface area contributed by atoms with Gasteiger partial charge in [-0.3, -0.25) is 9.78 Å². The zero-order chi connectivity index (χ0) is 15.1. The van der Waals surface area contributed by atoms with E-state index in [0.717, 1.165) is 5.69 Å². The molecule has 108 valence electrons. The van der Waals surface area contributed by atoms with E-state index in [1.165, 1.54) is 16.3 Å². The van der Waals surface area contributed by atoms with E-state index in [-0.39, 0.29) is 17.1 Å². The summed E-state index contributed by atoms with van der Waals surface area (Å²) in [4.78, 5) is 14.2. The van der Waals surface area contributed by atoms with Gasteiger partial charge in [-0.15, -0.1) is 0 Å². The Morgan fingerprint density at radius 1 is 1.29 bits per heavy atom. The fourth-order valence-corrected chi connectivity index (χ4v) is 2.32. The molecule has 0 unspecified atom stereocenters. The van der Waals surface area contributed by atoms with E-state index in [9.17, 15) is 9.90 Å². The molecule has 0 radical (unpaired) electrons. The summed E-state index contributed by atoms with van der Waals surface area (Å²) >= 11 is 0. The molecule has 3 rings (SSSR count). The lowest BCUT2D eigenvalue weighted by atomic mass is 10.0. The van der Waals surface area contributed by atoms with Crippen molar-refractivity contribution in [3.63, 3.8) is 0 Å². The van der Waals surface area contributed by atoms with E-state index in [0.29, 0.717) is 11.4 Å². The zero-order valence-electron chi connectivity index (χ0n) is 11.8. The average molecular weight is 284 g/mol. The lowest BCUT2D eigenvalue weighted by Gasteiger charge is -2.07. The predicted molar refractivity (Wildman–Crippen MR) is 81.9 cm³/mol. The quantitative estimate of drug-likeness (QED) is 0.671. The third-order valence-corrected chi connectivity index (χ3v) is 3.49. The van der Waals surface area contributed by atoms with E-state index >= 15 is 0 Å². The van der Waals surface area contributed by atoms with Gasteiger partial charge in [-0.1, -0.05) is 26.0 Å². The summed E-state index contributed by atoms with van der Waals surface area (Å²) in [7, 11) is 0. The van der Waals surface area contributed by atoms with Gasteiger partial charge in [-0.25, -0.2) is 4.68 Å². The number of nitrogens with two attached hydrogens (primary N) is 1. The van der Waals surface area contributed by atoms with Gasteiger partial charge in [0.15, 0.2) is 5.88 Å². The van der Waals surface area contributed by atoms with Crippen molar-refractivity contribution in [1.82, 2.24) is 14.8 Å². The van der Waals surface area contributed by atoms with Gasteiger partial charge in [-0.2, -0.15) is 5.10 Å².